The van der Waals surface area contributed by atoms with Crippen molar-refractivity contribution in [1.82, 2.24) is 24.9 Å². The van der Waals surface area contributed by atoms with Crippen LogP contribution in [0.5, 0.6) is 0 Å². The van der Waals surface area contributed by atoms with Crippen molar-refractivity contribution in [3.05, 3.63) is 70.9 Å². The number of amides is 3. The number of fused-ring (bicyclic) bond motifs is 2. The number of carbonyl (C=O) groups is 2. The number of carbonyl (C=O) groups excluding carboxylic acids is 2. The average Bonchev–Trinajstić information content (AvgIpc) is 3.03. The molecule has 1 aromatic heterocycles. The van der Waals surface area contributed by atoms with Crippen molar-refractivity contribution in [3.8, 4) is 0 Å². The summed E-state index contributed by atoms with van der Waals surface area (Å²) in [4.78, 5) is 32.3. The van der Waals surface area contributed by atoms with Gasteiger partial charge in [0.25, 0.3) is 5.91 Å². The molecule has 0 aliphatic carbocycles. The zero-order valence-corrected chi connectivity index (χ0v) is 21.1. The Hall–Kier alpha value is -3.85. The quantitative estimate of drug-likeness (QED) is 0.591. The number of urea groups is 1. The fourth-order valence-electron chi connectivity index (χ4n) is 4.85. The molecular formula is C27H33N7O2. The van der Waals surface area contributed by atoms with Crippen molar-refractivity contribution in [3.63, 3.8) is 0 Å². The minimum Gasteiger partial charge on any atom is -0.338 e. The van der Waals surface area contributed by atoms with E-state index in [0.717, 1.165) is 66.5 Å². The zero-order valence-electron chi connectivity index (χ0n) is 21.1. The lowest BCUT2D eigenvalue weighted by Crippen LogP contribution is -2.41. The molecule has 2 aromatic carbocycles. The molecule has 2 N–H and O–H groups in total. The van der Waals surface area contributed by atoms with Crippen LogP contribution in [0.3, 0.4) is 0 Å². The summed E-state index contributed by atoms with van der Waals surface area (Å²) in [5.41, 5.74) is 5.23. The maximum absolute atomic E-state index is 13.7. The summed E-state index contributed by atoms with van der Waals surface area (Å²) < 4.78 is 1.79. The van der Waals surface area contributed by atoms with Crippen LogP contribution in [0.2, 0.25) is 0 Å². The summed E-state index contributed by atoms with van der Waals surface area (Å²) in [7, 11) is 3.97. The maximum Gasteiger partial charge on any atom is 0.317 e. The molecule has 5 rings (SSSR count). The second kappa shape index (κ2) is 10.0. The Morgan fingerprint density at radius 2 is 1.89 bits per heavy atom. The van der Waals surface area contributed by atoms with E-state index in [9.17, 15) is 9.59 Å². The predicted molar refractivity (Wildman–Crippen MR) is 141 cm³/mol. The third-order valence-electron chi connectivity index (χ3n) is 7.06. The van der Waals surface area contributed by atoms with Gasteiger partial charge in [0.15, 0.2) is 0 Å². The second-order valence-corrected chi connectivity index (χ2v) is 9.62. The molecule has 0 spiro atoms. The largest absolute Gasteiger partial charge is 0.338 e. The fourth-order valence-corrected chi connectivity index (χ4v) is 4.85. The molecule has 2 aliphatic heterocycles. The summed E-state index contributed by atoms with van der Waals surface area (Å²) in [6.45, 7) is 6.25. The number of hydrogen-bond donors (Lipinski definition) is 2. The first-order chi connectivity index (χ1) is 17.4. The SMILES string of the molecule is Cc1cc(C(=O)N2Cc3cnn(C)c3Nc3ccccc32)ccc1CNC(=O)N1CCCN(C)CC1. The first-order valence-corrected chi connectivity index (χ1v) is 12.4. The lowest BCUT2D eigenvalue weighted by atomic mass is 10.0. The molecule has 3 aromatic rings. The van der Waals surface area contributed by atoms with E-state index in [0.29, 0.717) is 18.7 Å². The highest BCUT2D eigenvalue weighted by Gasteiger charge is 2.27. The molecular weight excluding hydrogens is 454 g/mol. The number of aryl methyl sites for hydroxylation is 2. The first-order valence-electron chi connectivity index (χ1n) is 12.4. The van der Waals surface area contributed by atoms with Crippen molar-refractivity contribution in [2.75, 3.05) is 43.4 Å². The number of likely N-dealkylation sites (N-methyl/N-ethyl adjacent to an activating group) is 1. The Morgan fingerprint density at radius 3 is 2.72 bits per heavy atom. The van der Waals surface area contributed by atoms with Crippen LogP contribution in [0, 0.1) is 6.92 Å². The van der Waals surface area contributed by atoms with Gasteiger partial charge in [0.2, 0.25) is 0 Å². The maximum atomic E-state index is 13.7. The molecule has 3 heterocycles. The minimum atomic E-state index is -0.0756. The molecule has 2 aliphatic rings. The van der Waals surface area contributed by atoms with Gasteiger partial charge in [-0.3, -0.25) is 9.48 Å². The number of rotatable bonds is 3. The number of nitrogens with one attached hydrogen (secondary N) is 2. The van der Waals surface area contributed by atoms with Crippen molar-refractivity contribution >= 4 is 29.1 Å². The van der Waals surface area contributed by atoms with Crippen LogP contribution >= 0.6 is 0 Å². The van der Waals surface area contributed by atoms with Crippen LogP contribution in [0.4, 0.5) is 22.0 Å². The van der Waals surface area contributed by atoms with E-state index in [1.54, 1.807) is 15.8 Å². The van der Waals surface area contributed by atoms with Crippen LogP contribution < -0.4 is 15.5 Å². The first kappa shape index (κ1) is 23.9. The summed E-state index contributed by atoms with van der Waals surface area (Å²) in [5.74, 6) is 0.810. The van der Waals surface area contributed by atoms with Gasteiger partial charge in [-0.05, 0) is 62.3 Å². The van der Waals surface area contributed by atoms with Crippen LogP contribution in [0.15, 0.2) is 48.7 Å². The lowest BCUT2D eigenvalue weighted by molar-refractivity contribution is 0.0985. The van der Waals surface area contributed by atoms with E-state index in [1.165, 1.54) is 0 Å². The van der Waals surface area contributed by atoms with Crippen LogP contribution in [-0.4, -0.2) is 64.7 Å². The van der Waals surface area contributed by atoms with Crippen LogP contribution in [0.1, 0.15) is 33.5 Å². The van der Waals surface area contributed by atoms with Crippen molar-refractivity contribution in [1.29, 1.82) is 0 Å². The van der Waals surface area contributed by atoms with Crippen LogP contribution in [0.25, 0.3) is 0 Å². The predicted octanol–water partition coefficient (Wildman–Crippen LogP) is 3.48. The smallest absolute Gasteiger partial charge is 0.317 e. The molecule has 0 atom stereocenters. The standard InChI is InChI=1S/C27H33N7O2/c1-19-15-20(9-10-21(19)16-28-27(36)33-12-6-11-31(2)13-14-33)26(35)34-18-22-17-29-32(3)25(22)30-23-7-4-5-8-24(23)34/h4-5,7-10,15,17,30H,6,11-14,16,18H2,1-3H3,(H,28,36). The minimum absolute atomic E-state index is 0.0363. The molecule has 0 saturated carbocycles. The molecule has 9 nitrogen and oxygen atoms in total. The molecule has 9 heteroatoms. The van der Waals surface area contributed by atoms with Gasteiger partial charge < -0.3 is 25.3 Å². The number of hydrogen-bond acceptors (Lipinski definition) is 5. The number of aromatic nitrogens is 2. The number of anilines is 3. The van der Waals surface area contributed by atoms with Gasteiger partial charge in [0.1, 0.15) is 5.82 Å². The number of nitrogens with zero attached hydrogens (tertiary/aromatic N) is 5. The van der Waals surface area contributed by atoms with Gasteiger partial charge in [-0.25, -0.2) is 4.79 Å². The van der Waals surface area contributed by atoms with Gasteiger partial charge in [0, 0.05) is 44.4 Å². The van der Waals surface area contributed by atoms with E-state index in [2.05, 4.69) is 27.7 Å². The van der Waals surface area contributed by atoms with Gasteiger partial charge in [-0.2, -0.15) is 5.10 Å². The second-order valence-electron chi connectivity index (χ2n) is 9.62. The molecule has 1 fully saturated rings. The summed E-state index contributed by atoms with van der Waals surface area (Å²) in [6, 6.07) is 13.5. The van der Waals surface area contributed by atoms with E-state index in [4.69, 9.17) is 0 Å². The highest BCUT2D eigenvalue weighted by atomic mass is 16.2. The Labute approximate surface area is 211 Å². The van der Waals surface area contributed by atoms with Crippen molar-refractivity contribution < 1.29 is 9.59 Å². The molecule has 1 saturated heterocycles. The van der Waals surface area contributed by atoms with Gasteiger partial charge in [0.05, 0.1) is 24.1 Å². The van der Waals surface area contributed by atoms with Crippen LogP contribution in [-0.2, 0) is 20.1 Å². The Kier molecular flexibility index (Phi) is 6.65. The molecule has 36 heavy (non-hydrogen) atoms. The highest BCUT2D eigenvalue weighted by molar-refractivity contribution is 6.08. The number of para-hydroxylation sites is 2. The van der Waals surface area contributed by atoms with Crippen molar-refractivity contribution in [2.45, 2.75) is 26.4 Å². The lowest BCUT2D eigenvalue weighted by Gasteiger charge is -2.23. The summed E-state index contributed by atoms with van der Waals surface area (Å²) in [6.07, 6.45) is 2.78. The summed E-state index contributed by atoms with van der Waals surface area (Å²) >= 11 is 0. The monoisotopic (exact) mass is 487 g/mol. The molecule has 0 bridgehead atoms. The summed E-state index contributed by atoms with van der Waals surface area (Å²) in [5, 5.41) is 10.8. The van der Waals surface area contributed by atoms with E-state index in [-0.39, 0.29) is 11.9 Å². The van der Waals surface area contributed by atoms with E-state index >= 15 is 0 Å². The van der Waals surface area contributed by atoms with E-state index < -0.39 is 0 Å². The molecule has 0 unspecified atom stereocenters. The Balaban J connectivity index is 1.32. The average molecular weight is 488 g/mol. The highest BCUT2D eigenvalue weighted by Crippen LogP contribution is 2.36. The normalized spacial score (nSPS) is 15.9. The molecule has 0 radical (unpaired) electrons. The van der Waals surface area contributed by atoms with Gasteiger partial charge >= 0.3 is 6.03 Å². The molecule has 188 valence electrons. The molecule has 3 amide bonds. The number of benzene rings is 2. The Bertz CT molecular complexity index is 1280. The van der Waals surface area contributed by atoms with Crippen molar-refractivity contribution in [2.24, 2.45) is 7.05 Å². The topological polar surface area (TPSA) is 85.7 Å². The van der Waals surface area contributed by atoms with E-state index in [1.807, 2.05) is 61.3 Å². The fraction of sp³-hybridized carbons (Fsp3) is 0.370. The van der Waals surface area contributed by atoms with Gasteiger partial charge in [-0.15, -0.1) is 0 Å². The zero-order chi connectivity index (χ0) is 25.2. The third kappa shape index (κ3) is 4.79. The third-order valence-corrected chi connectivity index (χ3v) is 7.06. The van der Waals surface area contributed by atoms with Gasteiger partial charge in [-0.1, -0.05) is 18.2 Å². The Morgan fingerprint density at radius 1 is 1.06 bits per heavy atom.